The molecule has 0 N–H and O–H groups in total. The first-order chi connectivity index (χ1) is 11.4. The molecule has 0 bridgehead atoms. The maximum Gasteiger partial charge on any atom is 0.328 e. The fourth-order valence-electron chi connectivity index (χ4n) is 3.15. The van der Waals surface area contributed by atoms with E-state index in [4.69, 9.17) is 14.2 Å². The van der Waals surface area contributed by atoms with E-state index in [0.717, 1.165) is 0 Å². The van der Waals surface area contributed by atoms with Crippen LogP contribution in [-0.2, 0) is 14.3 Å². The van der Waals surface area contributed by atoms with E-state index in [-0.39, 0.29) is 36.1 Å². The summed E-state index contributed by atoms with van der Waals surface area (Å²) in [6.45, 7) is 1.63. The largest absolute Gasteiger partial charge is 0.467 e. The van der Waals surface area contributed by atoms with Crippen molar-refractivity contribution in [3.05, 3.63) is 27.8 Å². The molecule has 9 nitrogen and oxygen atoms in total. The maximum atomic E-state index is 12.2. The summed E-state index contributed by atoms with van der Waals surface area (Å²) < 4.78 is 15.2. The molecule has 2 atom stereocenters. The van der Waals surface area contributed by atoms with Gasteiger partial charge in [-0.3, -0.25) is 14.9 Å². The van der Waals surface area contributed by atoms with Gasteiger partial charge in [0.1, 0.15) is 6.04 Å². The van der Waals surface area contributed by atoms with Gasteiger partial charge in [0.25, 0.3) is 5.69 Å². The molecule has 2 heterocycles. The molecule has 1 aromatic carbocycles. The third-order valence-corrected chi connectivity index (χ3v) is 4.31. The number of likely N-dealkylation sites (tertiary alicyclic amines) is 1. The second kappa shape index (κ2) is 5.99. The fourth-order valence-corrected chi connectivity index (χ4v) is 3.15. The number of esters is 1. The molecule has 0 aromatic heterocycles. The first-order valence-electron chi connectivity index (χ1n) is 7.41. The van der Waals surface area contributed by atoms with Gasteiger partial charge in [-0.2, -0.15) is 0 Å². The van der Waals surface area contributed by atoms with Crippen molar-refractivity contribution in [3.63, 3.8) is 0 Å². The van der Waals surface area contributed by atoms with Crippen LogP contribution in [0.15, 0.2) is 12.1 Å². The predicted molar refractivity (Wildman–Crippen MR) is 79.5 cm³/mol. The molecule has 0 saturated carbocycles. The van der Waals surface area contributed by atoms with E-state index in [1.54, 1.807) is 6.92 Å². The monoisotopic (exact) mass is 336 g/mol. The molecule has 0 radical (unpaired) electrons. The molecule has 1 aromatic rings. The average molecular weight is 336 g/mol. The minimum absolute atomic E-state index is 0.0161. The van der Waals surface area contributed by atoms with E-state index in [2.05, 4.69) is 0 Å². The first kappa shape index (κ1) is 16.0. The number of carbonyl (C=O) groups excluding carboxylic acids is 2. The summed E-state index contributed by atoms with van der Waals surface area (Å²) in [5.41, 5.74) is 0.100. The number of methoxy groups -OCH3 is 1. The molecule has 2 unspecified atom stereocenters. The standard InChI is InChI=1S/C15H16N2O7/c1-8(16-10(15(19)22-2)3-4-14(16)18)9-5-12-13(24-7-23-12)6-11(9)17(20)21/h5-6,8,10H,3-4,7H2,1-2H3. The molecule has 9 heteroatoms. The Hall–Kier alpha value is -2.84. The number of amides is 1. The Morgan fingerprint density at radius 3 is 2.71 bits per heavy atom. The highest BCUT2D eigenvalue weighted by atomic mass is 16.7. The van der Waals surface area contributed by atoms with Gasteiger partial charge in [0, 0.05) is 6.42 Å². The minimum Gasteiger partial charge on any atom is -0.467 e. The topological polar surface area (TPSA) is 108 Å². The number of nitro benzene ring substituents is 1. The Kier molecular flexibility index (Phi) is 4.00. The van der Waals surface area contributed by atoms with Gasteiger partial charge >= 0.3 is 5.97 Å². The summed E-state index contributed by atoms with van der Waals surface area (Å²) in [6.07, 6.45) is 0.524. The molecule has 1 saturated heterocycles. The summed E-state index contributed by atoms with van der Waals surface area (Å²) in [5.74, 6) is -0.111. The number of nitro groups is 1. The summed E-state index contributed by atoms with van der Waals surface area (Å²) >= 11 is 0. The van der Waals surface area contributed by atoms with Gasteiger partial charge in [0.15, 0.2) is 11.5 Å². The highest BCUT2D eigenvalue weighted by Crippen LogP contribution is 2.42. The van der Waals surface area contributed by atoms with E-state index >= 15 is 0 Å². The summed E-state index contributed by atoms with van der Waals surface area (Å²) in [4.78, 5) is 36.4. The lowest BCUT2D eigenvalue weighted by atomic mass is 10.0. The third kappa shape index (κ3) is 2.51. The fraction of sp³-hybridized carbons (Fsp3) is 0.467. The van der Waals surface area contributed by atoms with E-state index in [0.29, 0.717) is 12.2 Å². The smallest absolute Gasteiger partial charge is 0.328 e. The quantitative estimate of drug-likeness (QED) is 0.466. The van der Waals surface area contributed by atoms with Crippen LogP contribution in [0.2, 0.25) is 0 Å². The lowest BCUT2D eigenvalue weighted by molar-refractivity contribution is -0.386. The van der Waals surface area contributed by atoms with Gasteiger partial charge < -0.3 is 19.1 Å². The zero-order valence-corrected chi connectivity index (χ0v) is 13.2. The molecule has 0 aliphatic carbocycles. The number of ether oxygens (including phenoxy) is 3. The van der Waals surface area contributed by atoms with Gasteiger partial charge in [0.2, 0.25) is 12.7 Å². The zero-order valence-electron chi connectivity index (χ0n) is 13.2. The number of nitrogens with zero attached hydrogens (tertiary/aromatic N) is 2. The molecule has 24 heavy (non-hydrogen) atoms. The first-order valence-corrected chi connectivity index (χ1v) is 7.41. The SMILES string of the molecule is COC(=O)C1CCC(=O)N1C(C)c1cc2c(cc1[N+](=O)[O-])OCO2. The molecule has 3 rings (SSSR count). The van der Waals surface area contributed by atoms with Crippen LogP contribution in [0.5, 0.6) is 11.5 Å². The number of rotatable bonds is 4. The van der Waals surface area contributed by atoms with Crippen molar-refractivity contribution in [2.45, 2.75) is 31.8 Å². The van der Waals surface area contributed by atoms with Crippen molar-refractivity contribution in [3.8, 4) is 11.5 Å². The van der Waals surface area contributed by atoms with Gasteiger partial charge in [-0.25, -0.2) is 4.79 Å². The van der Waals surface area contributed by atoms with Crippen molar-refractivity contribution in [2.75, 3.05) is 13.9 Å². The van der Waals surface area contributed by atoms with Gasteiger partial charge in [-0.15, -0.1) is 0 Å². The number of hydrogen-bond donors (Lipinski definition) is 0. The lowest BCUT2D eigenvalue weighted by Crippen LogP contribution is -2.41. The molecular weight excluding hydrogens is 320 g/mol. The molecule has 128 valence electrons. The summed E-state index contributed by atoms with van der Waals surface area (Å²) in [6, 6.07) is 1.34. The Morgan fingerprint density at radius 1 is 1.42 bits per heavy atom. The molecule has 2 aliphatic heterocycles. The highest BCUT2D eigenvalue weighted by Gasteiger charge is 2.42. The van der Waals surface area contributed by atoms with E-state index in [1.807, 2.05) is 0 Å². The predicted octanol–water partition coefficient (Wildman–Crippen LogP) is 1.55. The van der Waals surface area contributed by atoms with Crippen molar-refractivity contribution in [1.82, 2.24) is 4.90 Å². The van der Waals surface area contributed by atoms with Gasteiger partial charge in [0.05, 0.1) is 29.7 Å². The second-order valence-electron chi connectivity index (χ2n) is 5.58. The normalized spacial score (nSPS) is 20.2. The average Bonchev–Trinajstić information content (AvgIpc) is 3.17. The van der Waals surface area contributed by atoms with Crippen LogP contribution < -0.4 is 9.47 Å². The zero-order chi connectivity index (χ0) is 17.4. The van der Waals surface area contributed by atoms with Crippen molar-refractivity contribution < 1.29 is 28.7 Å². The van der Waals surface area contributed by atoms with E-state index < -0.39 is 23.0 Å². The third-order valence-electron chi connectivity index (χ3n) is 4.31. The number of fused-ring (bicyclic) bond motifs is 1. The highest BCUT2D eigenvalue weighted by molar-refractivity contribution is 5.88. The number of carbonyl (C=O) groups is 2. The van der Waals surface area contributed by atoms with E-state index in [9.17, 15) is 19.7 Å². The van der Waals surface area contributed by atoms with Crippen LogP contribution in [-0.4, -0.2) is 41.6 Å². The molecule has 2 aliphatic rings. The van der Waals surface area contributed by atoms with Crippen molar-refractivity contribution >= 4 is 17.6 Å². The van der Waals surface area contributed by atoms with Crippen LogP contribution >= 0.6 is 0 Å². The minimum atomic E-state index is -0.748. The second-order valence-corrected chi connectivity index (χ2v) is 5.58. The summed E-state index contributed by atoms with van der Waals surface area (Å²) in [5, 5.41) is 11.4. The van der Waals surface area contributed by atoms with Gasteiger partial charge in [-0.05, 0) is 19.4 Å². The van der Waals surface area contributed by atoms with E-state index in [1.165, 1.54) is 24.1 Å². The maximum absolute atomic E-state index is 12.2. The van der Waals surface area contributed by atoms with Crippen LogP contribution in [0.4, 0.5) is 5.69 Å². The Bertz CT molecular complexity index is 718. The molecule has 1 amide bonds. The molecular formula is C15H16N2O7. The Morgan fingerprint density at radius 2 is 2.08 bits per heavy atom. The van der Waals surface area contributed by atoms with Crippen LogP contribution in [0, 0.1) is 10.1 Å². The van der Waals surface area contributed by atoms with Crippen molar-refractivity contribution in [1.29, 1.82) is 0 Å². The molecule has 0 spiro atoms. The lowest BCUT2D eigenvalue weighted by Gasteiger charge is -2.29. The van der Waals surface area contributed by atoms with Crippen LogP contribution in [0.3, 0.4) is 0 Å². The summed E-state index contributed by atoms with van der Waals surface area (Å²) in [7, 11) is 1.25. The van der Waals surface area contributed by atoms with Crippen LogP contribution in [0.1, 0.15) is 31.4 Å². The molecule has 1 fully saturated rings. The number of benzene rings is 1. The Balaban J connectivity index is 2.02. The van der Waals surface area contributed by atoms with Crippen LogP contribution in [0.25, 0.3) is 0 Å². The van der Waals surface area contributed by atoms with Crippen molar-refractivity contribution in [2.24, 2.45) is 0 Å². The van der Waals surface area contributed by atoms with Gasteiger partial charge in [-0.1, -0.05) is 0 Å². The Labute approximate surface area is 137 Å². The number of hydrogen-bond acceptors (Lipinski definition) is 7.